The highest BCUT2D eigenvalue weighted by Gasteiger charge is 2.03. The van der Waals surface area contributed by atoms with Crippen molar-refractivity contribution < 1.29 is 0 Å². The molecule has 0 aliphatic rings. The van der Waals surface area contributed by atoms with Gasteiger partial charge in [-0.05, 0) is 12.1 Å². The summed E-state index contributed by atoms with van der Waals surface area (Å²) < 4.78 is 0. The van der Waals surface area contributed by atoms with Crippen molar-refractivity contribution in [3.05, 3.63) is 41.1 Å². The van der Waals surface area contributed by atoms with Gasteiger partial charge in [0.1, 0.15) is 5.69 Å². The van der Waals surface area contributed by atoms with Gasteiger partial charge in [-0.15, -0.1) is 5.10 Å². The summed E-state index contributed by atoms with van der Waals surface area (Å²) in [5, 5.41) is 7.44. The molecule has 2 aromatic rings. The Morgan fingerprint density at radius 3 is 2.92 bits per heavy atom. The highest BCUT2D eigenvalue weighted by molar-refractivity contribution is 5.50. The van der Waals surface area contributed by atoms with Gasteiger partial charge in [0.05, 0.1) is 0 Å². The van der Waals surface area contributed by atoms with E-state index >= 15 is 0 Å². The molecule has 0 amide bonds. The average Bonchev–Trinajstić information content (AvgIpc) is 2.20. The SMILES string of the molecule is O=c1[nH]ccnc1-c1cccnn1. The molecule has 0 aromatic carbocycles. The summed E-state index contributed by atoms with van der Waals surface area (Å²) in [5.74, 6) is 0. The fraction of sp³-hybridized carbons (Fsp3) is 0. The molecular weight excluding hydrogens is 168 g/mol. The lowest BCUT2D eigenvalue weighted by molar-refractivity contribution is 1.01. The molecule has 0 fully saturated rings. The Kier molecular flexibility index (Phi) is 1.84. The summed E-state index contributed by atoms with van der Waals surface area (Å²) in [4.78, 5) is 17.6. The van der Waals surface area contributed by atoms with E-state index in [-0.39, 0.29) is 11.3 Å². The predicted octanol–water partition coefficient (Wildman–Crippen LogP) is 0.227. The lowest BCUT2D eigenvalue weighted by atomic mass is 10.3. The van der Waals surface area contributed by atoms with Crippen molar-refractivity contribution in [1.82, 2.24) is 20.2 Å². The van der Waals surface area contributed by atoms with Crippen LogP contribution in [0.1, 0.15) is 0 Å². The molecule has 0 saturated heterocycles. The van der Waals surface area contributed by atoms with Crippen molar-refractivity contribution in [2.24, 2.45) is 0 Å². The molecule has 0 radical (unpaired) electrons. The molecule has 0 saturated carbocycles. The lowest BCUT2D eigenvalue weighted by Gasteiger charge is -1.94. The normalized spacial score (nSPS) is 9.85. The maximum Gasteiger partial charge on any atom is 0.276 e. The van der Waals surface area contributed by atoms with E-state index in [2.05, 4.69) is 20.2 Å². The summed E-state index contributed by atoms with van der Waals surface area (Å²) in [6.45, 7) is 0. The highest BCUT2D eigenvalue weighted by Crippen LogP contribution is 2.04. The Hall–Kier alpha value is -2.04. The first-order valence-corrected chi connectivity index (χ1v) is 3.70. The van der Waals surface area contributed by atoms with Gasteiger partial charge in [0.25, 0.3) is 5.56 Å². The van der Waals surface area contributed by atoms with Gasteiger partial charge in [-0.1, -0.05) is 0 Å². The summed E-state index contributed by atoms with van der Waals surface area (Å²) >= 11 is 0. The third-order valence-electron chi connectivity index (χ3n) is 1.52. The molecule has 0 unspecified atom stereocenters. The zero-order chi connectivity index (χ0) is 9.10. The molecule has 1 N–H and O–H groups in total. The van der Waals surface area contributed by atoms with Crippen LogP contribution >= 0.6 is 0 Å². The second kappa shape index (κ2) is 3.14. The van der Waals surface area contributed by atoms with Crippen LogP contribution < -0.4 is 5.56 Å². The molecule has 13 heavy (non-hydrogen) atoms. The molecule has 5 heteroatoms. The second-order valence-electron chi connectivity index (χ2n) is 2.38. The second-order valence-corrected chi connectivity index (χ2v) is 2.38. The maximum absolute atomic E-state index is 11.2. The van der Waals surface area contributed by atoms with Gasteiger partial charge >= 0.3 is 0 Å². The summed E-state index contributed by atoms with van der Waals surface area (Å²) in [7, 11) is 0. The molecule has 2 aromatic heterocycles. The van der Waals surface area contributed by atoms with E-state index in [9.17, 15) is 4.79 Å². The van der Waals surface area contributed by atoms with E-state index < -0.39 is 0 Å². The van der Waals surface area contributed by atoms with Crippen LogP contribution in [0.4, 0.5) is 0 Å². The number of aromatic amines is 1. The first-order chi connectivity index (χ1) is 6.38. The van der Waals surface area contributed by atoms with Gasteiger partial charge in [-0.2, -0.15) is 5.10 Å². The van der Waals surface area contributed by atoms with Gasteiger partial charge in [-0.25, -0.2) is 4.98 Å². The topological polar surface area (TPSA) is 71.5 Å². The Balaban J connectivity index is 2.60. The van der Waals surface area contributed by atoms with Gasteiger partial charge in [-0.3, -0.25) is 4.79 Å². The van der Waals surface area contributed by atoms with E-state index in [1.807, 2.05) is 0 Å². The largest absolute Gasteiger partial charge is 0.326 e. The minimum absolute atomic E-state index is 0.261. The van der Waals surface area contributed by atoms with E-state index in [1.54, 1.807) is 18.3 Å². The Labute approximate surface area is 73.5 Å². The quantitative estimate of drug-likeness (QED) is 0.671. The number of hydrogen-bond donors (Lipinski definition) is 1. The monoisotopic (exact) mass is 174 g/mol. The van der Waals surface area contributed by atoms with Gasteiger partial charge in [0, 0.05) is 18.6 Å². The van der Waals surface area contributed by atoms with Crippen molar-refractivity contribution in [3.8, 4) is 11.4 Å². The number of hydrogen-bond acceptors (Lipinski definition) is 4. The van der Waals surface area contributed by atoms with E-state index in [0.29, 0.717) is 5.69 Å². The lowest BCUT2D eigenvalue weighted by Crippen LogP contribution is -2.10. The molecule has 0 spiro atoms. The Bertz CT molecular complexity index is 451. The number of nitrogens with one attached hydrogen (secondary N) is 1. The fourth-order valence-corrected chi connectivity index (χ4v) is 0.962. The first kappa shape index (κ1) is 7.60. The van der Waals surface area contributed by atoms with Crippen LogP contribution in [-0.2, 0) is 0 Å². The van der Waals surface area contributed by atoms with Crippen LogP contribution in [0.15, 0.2) is 35.5 Å². The Morgan fingerprint density at radius 2 is 2.23 bits per heavy atom. The summed E-state index contributed by atoms with van der Waals surface area (Å²) in [6, 6.07) is 3.39. The van der Waals surface area contributed by atoms with Crippen LogP contribution in [0, 0.1) is 0 Å². The molecule has 0 aliphatic carbocycles. The molecule has 64 valence electrons. The standard InChI is InChI=1S/C8H6N4O/c13-8-7(9-4-5-10-8)6-2-1-3-11-12-6/h1-5H,(H,10,13). The molecule has 2 heterocycles. The van der Waals surface area contributed by atoms with Crippen LogP contribution in [-0.4, -0.2) is 20.2 Å². The molecule has 5 nitrogen and oxygen atoms in total. The number of rotatable bonds is 1. The Morgan fingerprint density at radius 1 is 1.31 bits per heavy atom. The molecule has 2 rings (SSSR count). The summed E-state index contributed by atoms with van der Waals surface area (Å²) in [5.41, 5.74) is 0.503. The molecule has 0 aliphatic heterocycles. The third-order valence-corrected chi connectivity index (χ3v) is 1.52. The van der Waals surface area contributed by atoms with Gasteiger partial charge in [0.15, 0.2) is 5.69 Å². The van der Waals surface area contributed by atoms with E-state index in [0.717, 1.165) is 0 Å². The van der Waals surface area contributed by atoms with Crippen LogP contribution in [0.5, 0.6) is 0 Å². The average molecular weight is 174 g/mol. The smallest absolute Gasteiger partial charge is 0.276 e. The van der Waals surface area contributed by atoms with Crippen LogP contribution in [0.3, 0.4) is 0 Å². The van der Waals surface area contributed by atoms with Crippen molar-refractivity contribution in [3.63, 3.8) is 0 Å². The maximum atomic E-state index is 11.2. The number of aromatic nitrogens is 4. The minimum Gasteiger partial charge on any atom is -0.326 e. The zero-order valence-corrected chi connectivity index (χ0v) is 6.64. The predicted molar refractivity (Wildman–Crippen MR) is 45.9 cm³/mol. The highest BCUT2D eigenvalue weighted by atomic mass is 16.1. The van der Waals surface area contributed by atoms with E-state index in [4.69, 9.17) is 0 Å². The molecule has 0 atom stereocenters. The first-order valence-electron chi connectivity index (χ1n) is 3.70. The van der Waals surface area contributed by atoms with Crippen LogP contribution in [0.25, 0.3) is 11.4 Å². The molecular formula is C8H6N4O. The van der Waals surface area contributed by atoms with Crippen molar-refractivity contribution in [2.75, 3.05) is 0 Å². The number of H-pyrrole nitrogens is 1. The van der Waals surface area contributed by atoms with Crippen molar-refractivity contribution in [2.45, 2.75) is 0 Å². The fourth-order valence-electron chi connectivity index (χ4n) is 0.962. The summed E-state index contributed by atoms with van der Waals surface area (Å²) in [6.07, 6.45) is 4.52. The van der Waals surface area contributed by atoms with Crippen molar-refractivity contribution >= 4 is 0 Å². The molecule has 0 bridgehead atoms. The minimum atomic E-state index is -0.261. The van der Waals surface area contributed by atoms with Crippen LogP contribution in [0.2, 0.25) is 0 Å². The third kappa shape index (κ3) is 1.44. The van der Waals surface area contributed by atoms with Crippen molar-refractivity contribution in [1.29, 1.82) is 0 Å². The zero-order valence-electron chi connectivity index (χ0n) is 6.64. The van der Waals surface area contributed by atoms with Gasteiger partial charge in [0.2, 0.25) is 0 Å². The van der Waals surface area contributed by atoms with Gasteiger partial charge < -0.3 is 4.98 Å². The number of nitrogens with zero attached hydrogens (tertiary/aromatic N) is 3. The van der Waals surface area contributed by atoms with E-state index in [1.165, 1.54) is 12.4 Å².